The summed E-state index contributed by atoms with van der Waals surface area (Å²) in [7, 11) is 1.23. The van der Waals surface area contributed by atoms with Crippen molar-refractivity contribution in [1.29, 1.82) is 0 Å². The third-order valence-corrected chi connectivity index (χ3v) is 12.4. The summed E-state index contributed by atoms with van der Waals surface area (Å²) in [6.07, 6.45) is 0.782. The highest BCUT2D eigenvalue weighted by atomic mass is 35.5. The third kappa shape index (κ3) is 4.96. The maximum atomic E-state index is 15.3. The molecule has 2 saturated heterocycles. The number of ether oxygens (including phenoxy) is 1. The van der Waals surface area contributed by atoms with Gasteiger partial charge in [-0.15, -0.1) is 23.2 Å². The standard InChI is InChI=1S/C39H26Cl2F5N3O6/c1-55-24-9-5-8-22(33(24)50)26-20-14-15-21-25(35(52)48(34(21)51)19-12-10-18(11-13-19)47-17-6-3-2-4-7-17)23(20)16-38(40)36(53)49(37(54)39(26,38)41)32-30(45)28(43)27(42)29(44)31(32)46/h2-14,21,23,25-26,47,50H,15-16H2,1H3/t21-,23+,25-,26+,38+,39-/m0/s1. The van der Waals surface area contributed by atoms with Crippen LogP contribution in [0.1, 0.15) is 24.3 Å². The average molecular weight is 799 g/mol. The van der Waals surface area contributed by atoms with Gasteiger partial charge in [-0.25, -0.2) is 26.9 Å². The van der Waals surface area contributed by atoms with Crippen LogP contribution in [0.3, 0.4) is 0 Å². The molecule has 4 aliphatic rings. The second-order valence-electron chi connectivity index (χ2n) is 13.6. The van der Waals surface area contributed by atoms with Crippen LogP contribution in [0.15, 0.2) is 84.4 Å². The zero-order valence-corrected chi connectivity index (χ0v) is 29.8. The Morgan fingerprint density at radius 2 is 1.36 bits per heavy atom. The molecule has 2 heterocycles. The molecule has 4 amide bonds. The van der Waals surface area contributed by atoms with Gasteiger partial charge in [-0.3, -0.25) is 24.1 Å². The van der Waals surface area contributed by atoms with Crippen molar-refractivity contribution in [3.8, 4) is 11.5 Å². The molecule has 55 heavy (non-hydrogen) atoms. The molecule has 3 fully saturated rings. The summed E-state index contributed by atoms with van der Waals surface area (Å²) in [6, 6.07) is 19.8. The maximum absolute atomic E-state index is 15.3. The van der Waals surface area contributed by atoms with E-state index in [0.29, 0.717) is 5.69 Å². The molecule has 2 aliphatic heterocycles. The second kappa shape index (κ2) is 12.8. The van der Waals surface area contributed by atoms with Gasteiger partial charge in [0.25, 0.3) is 11.8 Å². The lowest BCUT2D eigenvalue weighted by atomic mass is 9.56. The minimum Gasteiger partial charge on any atom is -0.504 e. The number of phenols is 1. The number of carbonyl (C=O) groups excluding carboxylic acids is 4. The number of anilines is 4. The number of nitrogens with zero attached hydrogens (tertiary/aromatic N) is 2. The maximum Gasteiger partial charge on any atom is 0.258 e. The number of hydrogen-bond donors (Lipinski definition) is 2. The minimum absolute atomic E-state index is 0.0712. The predicted octanol–water partition coefficient (Wildman–Crippen LogP) is 7.61. The highest BCUT2D eigenvalue weighted by Crippen LogP contribution is 2.67. The molecule has 1 saturated carbocycles. The van der Waals surface area contributed by atoms with E-state index in [1.165, 1.54) is 31.4 Å². The number of alkyl halides is 2. The molecule has 16 heteroatoms. The highest BCUT2D eigenvalue weighted by molar-refractivity contribution is 6.58. The first kappa shape index (κ1) is 36.5. The molecule has 0 aromatic heterocycles. The number of aromatic hydroxyl groups is 1. The molecular weight excluding hydrogens is 772 g/mol. The molecule has 4 aromatic rings. The van der Waals surface area contributed by atoms with Crippen LogP contribution in [0, 0.1) is 46.8 Å². The van der Waals surface area contributed by atoms with E-state index in [-0.39, 0.29) is 33.9 Å². The van der Waals surface area contributed by atoms with E-state index >= 15 is 8.78 Å². The summed E-state index contributed by atoms with van der Waals surface area (Å²) < 4.78 is 79.0. The second-order valence-corrected chi connectivity index (χ2v) is 14.9. The van der Waals surface area contributed by atoms with E-state index < -0.39 is 104 Å². The largest absolute Gasteiger partial charge is 0.504 e. The summed E-state index contributed by atoms with van der Waals surface area (Å²) in [6.45, 7) is 0. The van der Waals surface area contributed by atoms with Crippen LogP contribution >= 0.6 is 23.2 Å². The number of halogens is 7. The van der Waals surface area contributed by atoms with E-state index in [9.17, 15) is 37.5 Å². The van der Waals surface area contributed by atoms with Crippen molar-refractivity contribution in [2.24, 2.45) is 17.8 Å². The lowest BCUT2D eigenvalue weighted by Gasteiger charge is -2.50. The molecule has 6 atom stereocenters. The first-order chi connectivity index (χ1) is 26.2. The van der Waals surface area contributed by atoms with Gasteiger partial charge in [0.2, 0.25) is 17.6 Å². The number of hydrogen-bond acceptors (Lipinski definition) is 7. The van der Waals surface area contributed by atoms with Gasteiger partial charge in [-0.1, -0.05) is 42.0 Å². The Kier molecular flexibility index (Phi) is 8.50. The molecular formula is C39H26Cl2F5N3O6. The number of methoxy groups -OCH3 is 1. The van der Waals surface area contributed by atoms with Crippen molar-refractivity contribution in [3.05, 3.63) is 119 Å². The van der Waals surface area contributed by atoms with Gasteiger partial charge in [-0.05, 0) is 61.2 Å². The third-order valence-electron chi connectivity index (χ3n) is 11.0. The van der Waals surface area contributed by atoms with E-state index in [2.05, 4.69) is 5.32 Å². The van der Waals surface area contributed by atoms with Crippen LogP contribution in [-0.2, 0) is 19.2 Å². The van der Waals surface area contributed by atoms with Crippen molar-refractivity contribution in [2.45, 2.75) is 28.5 Å². The van der Waals surface area contributed by atoms with E-state index in [4.69, 9.17) is 27.9 Å². The first-order valence-electron chi connectivity index (χ1n) is 16.8. The Morgan fingerprint density at radius 3 is 2.00 bits per heavy atom. The summed E-state index contributed by atoms with van der Waals surface area (Å²) in [5.41, 5.74) is -0.182. The van der Waals surface area contributed by atoms with Gasteiger partial charge >= 0.3 is 0 Å². The topological polar surface area (TPSA) is 116 Å². The van der Waals surface area contributed by atoms with Crippen molar-refractivity contribution < 1.29 is 51.0 Å². The van der Waals surface area contributed by atoms with Crippen molar-refractivity contribution >= 4 is 69.6 Å². The molecule has 0 spiro atoms. The number of amides is 4. The fraction of sp³-hybridized carbons (Fsp3) is 0.231. The fourth-order valence-electron chi connectivity index (χ4n) is 8.49. The predicted molar refractivity (Wildman–Crippen MR) is 190 cm³/mol. The summed E-state index contributed by atoms with van der Waals surface area (Å²) in [4.78, 5) is 52.5. The molecule has 4 aromatic carbocycles. The normalized spacial score (nSPS) is 27.2. The van der Waals surface area contributed by atoms with Gasteiger partial charge in [0.15, 0.2) is 44.5 Å². The lowest BCUT2D eigenvalue weighted by molar-refractivity contribution is -0.125. The van der Waals surface area contributed by atoms with Crippen molar-refractivity contribution in [2.75, 3.05) is 22.2 Å². The van der Waals surface area contributed by atoms with Crippen LogP contribution in [0.5, 0.6) is 11.5 Å². The number of fused-ring (bicyclic) bond motifs is 4. The Labute approximate surface area is 318 Å². The van der Waals surface area contributed by atoms with Crippen LogP contribution in [0.25, 0.3) is 0 Å². The number of carbonyl (C=O) groups is 4. The number of para-hydroxylation sites is 2. The molecule has 0 unspecified atom stereocenters. The monoisotopic (exact) mass is 797 g/mol. The first-order valence-corrected chi connectivity index (χ1v) is 17.6. The Bertz CT molecular complexity index is 2350. The fourth-order valence-corrected chi connectivity index (χ4v) is 9.41. The number of phenolic OH excluding ortho intramolecular Hbond substituents is 1. The Morgan fingerprint density at radius 1 is 0.745 bits per heavy atom. The zero-order chi connectivity index (χ0) is 39.3. The zero-order valence-electron chi connectivity index (χ0n) is 28.3. The van der Waals surface area contributed by atoms with Gasteiger partial charge in [0.1, 0.15) is 5.69 Å². The van der Waals surface area contributed by atoms with Gasteiger partial charge in [0, 0.05) is 22.9 Å². The van der Waals surface area contributed by atoms with Crippen LogP contribution < -0.4 is 19.9 Å². The number of nitrogens with one attached hydrogen (secondary N) is 1. The van der Waals surface area contributed by atoms with E-state index in [1.807, 2.05) is 30.3 Å². The summed E-state index contributed by atoms with van der Waals surface area (Å²) >= 11 is 14.3. The smallest absolute Gasteiger partial charge is 0.258 e. The average Bonchev–Trinajstić information content (AvgIpc) is 3.52. The molecule has 2 N–H and O–H groups in total. The SMILES string of the molecule is COc1cccc([C@H]2C3=CC[C@@H]4C(=O)N(c5ccc(Nc6ccccc6)cc5)C(=O)[C@@H]4[C@@H]3C[C@@]3(Cl)C(=O)N(c4c(F)c(F)c(F)c(F)c4F)C(=O)[C@@]23Cl)c1O. The molecule has 2 aliphatic carbocycles. The Hall–Kier alpha value is -5.47. The summed E-state index contributed by atoms with van der Waals surface area (Å²) in [5, 5.41) is 14.6. The molecule has 0 bridgehead atoms. The van der Waals surface area contributed by atoms with Crippen molar-refractivity contribution in [1.82, 2.24) is 0 Å². The number of rotatable bonds is 6. The van der Waals surface area contributed by atoms with Crippen LogP contribution in [0.4, 0.5) is 44.7 Å². The van der Waals surface area contributed by atoms with Gasteiger partial charge < -0.3 is 15.2 Å². The Balaban J connectivity index is 1.25. The summed E-state index contributed by atoms with van der Waals surface area (Å²) in [5.74, 6) is -22.7. The van der Waals surface area contributed by atoms with Gasteiger partial charge in [-0.2, -0.15) is 0 Å². The van der Waals surface area contributed by atoms with E-state index in [1.54, 1.807) is 24.3 Å². The quantitative estimate of drug-likeness (QED) is 0.0516. The minimum atomic E-state index is -2.79. The molecule has 9 nitrogen and oxygen atoms in total. The lowest BCUT2D eigenvalue weighted by Crippen LogP contribution is -2.60. The molecule has 282 valence electrons. The van der Waals surface area contributed by atoms with Gasteiger partial charge in [0.05, 0.1) is 24.6 Å². The van der Waals surface area contributed by atoms with E-state index in [0.717, 1.165) is 10.6 Å². The molecule has 0 radical (unpaired) electrons. The highest BCUT2D eigenvalue weighted by Gasteiger charge is 2.77. The van der Waals surface area contributed by atoms with Crippen LogP contribution in [0.2, 0.25) is 0 Å². The number of allylic oxidation sites excluding steroid dienone is 2. The number of benzene rings is 4. The van der Waals surface area contributed by atoms with Crippen molar-refractivity contribution in [3.63, 3.8) is 0 Å². The number of imide groups is 2. The van der Waals surface area contributed by atoms with Crippen LogP contribution in [-0.4, -0.2) is 45.6 Å². The molecule has 8 rings (SSSR count).